The van der Waals surface area contributed by atoms with Gasteiger partial charge >= 0.3 is 0 Å². The molecule has 0 saturated carbocycles. The smallest absolute Gasteiger partial charge is 0.0708 e. The number of aryl methyl sites for hydroxylation is 1. The first-order chi connectivity index (χ1) is 9.21. The molecule has 0 amide bonds. The molecular formula is C16H23N3. The van der Waals surface area contributed by atoms with Crippen LogP contribution in [0.15, 0.2) is 30.3 Å². The molecule has 0 aliphatic heterocycles. The third kappa shape index (κ3) is 2.77. The van der Waals surface area contributed by atoms with Gasteiger partial charge in [0, 0.05) is 17.1 Å². The second-order valence-electron chi connectivity index (χ2n) is 5.09. The maximum absolute atomic E-state index is 5.83. The zero-order chi connectivity index (χ0) is 13.8. The second-order valence-corrected chi connectivity index (χ2v) is 5.09. The minimum Gasteiger partial charge on any atom is -0.271 e. The Kier molecular flexibility index (Phi) is 4.51. The van der Waals surface area contributed by atoms with Gasteiger partial charge in [-0.2, -0.15) is 0 Å². The van der Waals surface area contributed by atoms with Gasteiger partial charge in [-0.15, -0.1) is 0 Å². The predicted octanol–water partition coefficient (Wildman–Crippen LogP) is 3.48. The fourth-order valence-corrected chi connectivity index (χ4v) is 2.84. The zero-order valence-corrected chi connectivity index (χ0v) is 12.0. The number of hydrogen-bond acceptors (Lipinski definition) is 3. The molecule has 1 aromatic heterocycles. The molecule has 3 nitrogen and oxygen atoms in total. The maximum Gasteiger partial charge on any atom is 0.0708 e. The number of aromatic nitrogens is 1. The number of nitrogens with two attached hydrogens (primary N) is 1. The molecule has 3 N–H and O–H groups in total. The quantitative estimate of drug-likeness (QED) is 0.637. The van der Waals surface area contributed by atoms with Crippen molar-refractivity contribution >= 4 is 10.9 Å². The van der Waals surface area contributed by atoms with Crippen LogP contribution in [0.3, 0.4) is 0 Å². The molecule has 0 radical (unpaired) electrons. The van der Waals surface area contributed by atoms with Crippen LogP contribution < -0.4 is 11.3 Å². The molecule has 0 aliphatic rings. The van der Waals surface area contributed by atoms with Gasteiger partial charge in [-0.3, -0.25) is 16.3 Å². The van der Waals surface area contributed by atoms with Gasteiger partial charge in [0.1, 0.15) is 0 Å². The molecule has 1 atom stereocenters. The Morgan fingerprint density at radius 1 is 1.21 bits per heavy atom. The van der Waals surface area contributed by atoms with Crippen molar-refractivity contribution in [2.75, 3.05) is 0 Å². The van der Waals surface area contributed by atoms with Crippen molar-refractivity contribution in [3.05, 3.63) is 41.6 Å². The molecule has 3 heteroatoms. The summed E-state index contributed by atoms with van der Waals surface area (Å²) in [5.74, 6) is 6.36. The number of fused-ring (bicyclic) bond motifs is 1. The highest BCUT2D eigenvalue weighted by Gasteiger charge is 2.21. The summed E-state index contributed by atoms with van der Waals surface area (Å²) in [6.45, 7) is 6.47. The Bertz CT molecular complexity index is 547. The van der Waals surface area contributed by atoms with Crippen LogP contribution in [-0.4, -0.2) is 4.98 Å². The molecular weight excluding hydrogens is 234 g/mol. The Labute approximate surface area is 115 Å². The molecule has 0 aliphatic carbocycles. The molecule has 0 spiro atoms. The first kappa shape index (κ1) is 14.0. The zero-order valence-electron chi connectivity index (χ0n) is 12.0. The van der Waals surface area contributed by atoms with Gasteiger partial charge in [0.25, 0.3) is 0 Å². The van der Waals surface area contributed by atoms with Crippen LogP contribution in [-0.2, 0) is 0 Å². The standard InChI is InChI=1S/C16H23N3/c1-4-12(5-2)16(19-17)14-10-11(3)18-15-9-7-6-8-13(14)15/h6-10,12,16,19H,4-5,17H2,1-3H3. The van der Waals surface area contributed by atoms with Crippen molar-refractivity contribution in [1.82, 2.24) is 10.4 Å². The predicted molar refractivity (Wildman–Crippen MR) is 80.6 cm³/mol. The highest BCUT2D eigenvalue weighted by Crippen LogP contribution is 2.31. The number of rotatable bonds is 5. The van der Waals surface area contributed by atoms with E-state index in [1.807, 2.05) is 13.0 Å². The van der Waals surface area contributed by atoms with Crippen LogP contribution in [0, 0.1) is 12.8 Å². The Hall–Kier alpha value is -1.45. The van der Waals surface area contributed by atoms with E-state index in [1.54, 1.807) is 0 Å². The molecule has 0 fully saturated rings. The van der Waals surface area contributed by atoms with E-state index in [9.17, 15) is 0 Å². The maximum atomic E-state index is 5.83. The summed E-state index contributed by atoms with van der Waals surface area (Å²) < 4.78 is 0. The van der Waals surface area contributed by atoms with Crippen molar-refractivity contribution < 1.29 is 0 Å². The molecule has 1 unspecified atom stereocenters. The van der Waals surface area contributed by atoms with Crippen molar-refractivity contribution in [3.63, 3.8) is 0 Å². The Balaban J connectivity index is 2.58. The normalized spacial score (nSPS) is 13.1. The molecule has 1 aromatic carbocycles. The molecule has 0 bridgehead atoms. The van der Waals surface area contributed by atoms with Gasteiger partial charge in [-0.05, 0) is 30.5 Å². The number of pyridine rings is 1. The summed E-state index contributed by atoms with van der Waals surface area (Å²) in [5.41, 5.74) is 6.36. The van der Waals surface area contributed by atoms with Gasteiger partial charge in [0.2, 0.25) is 0 Å². The van der Waals surface area contributed by atoms with Crippen LogP contribution in [0.5, 0.6) is 0 Å². The van der Waals surface area contributed by atoms with Gasteiger partial charge in [0.05, 0.1) is 5.52 Å². The van der Waals surface area contributed by atoms with E-state index in [0.717, 1.165) is 24.1 Å². The average Bonchev–Trinajstić information content (AvgIpc) is 2.43. The fourth-order valence-electron chi connectivity index (χ4n) is 2.84. The number of hydrazine groups is 1. The monoisotopic (exact) mass is 257 g/mol. The average molecular weight is 257 g/mol. The summed E-state index contributed by atoms with van der Waals surface area (Å²) in [7, 11) is 0. The largest absolute Gasteiger partial charge is 0.271 e. The van der Waals surface area contributed by atoms with E-state index in [-0.39, 0.29) is 6.04 Å². The van der Waals surface area contributed by atoms with E-state index in [1.165, 1.54) is 10.9 Å². The van der Waals surface area contributed by atoms with Crippen molar-refractivity contribution in [1.29, 1.82) is 0 Å². The first-order valence-corrected chi connectivity index (χ1v) is 7.03. The minimum absolute atomic E-state index is 0.182. The molecule has 0 saturated heterocycles. The van der Waals surface area contributed by atoms with Crippen molar-refractivity contribution in [2.24, 2.45) is 11.8 Å². The molecule has 102 valence electrons. The number of hydrogen-bond donors (Lipinski definition) is 2. The van der Waals surface area contributed by atoms with Gasteiger partial charge in [0.15, 0.2) is 0 Å². The van der Waals surface area contributed by atoms with Crippen LogP contribution in [0.2, 0.25) is 0 Å². The topological polar surface area (TPSA) is 50.9 Å². The van der Waals surface area contributed by atoms with E-state index in [2.05, 4.69) is 48.5 Å². The second kappa shape index (κ2) is 6.13. The highest BCUT2D eigenvalue weighted by molar-refractivity contribution is 5.82. The van der Waals surface area contributed by atoms with Gasteiger partial charge in [-0.25, -0.2) is 0 Å². The molecule has 2 rings (SSSR count). The van der Waals surface area contributed by atoms with E-state index < -0.39 is 0 Å². The number of para-hydroxylation sites is 1. The van der Waals surface area contributed by atoms with Gasteiger partial charge < -0.3 is 0 Å². The third-order valence-electron chi connectivity index (χ3n) is 3.91. The van der Waals surface area contributed by atoms with Crippen LogP contribution in [0.25, 0.3) is 10.9 Å². The van der Waals surface area contributed by atoms with Crippen LogP contribution in [0.4, 0.5) is 0 Å². The van der Waals surface area contributed by atoms with E-state index >= 15 is 0 Å². The lowest BCUT2D eigenvalue weighted by Gasteiger charge is -2.26. The van der Waals surface area contributed by atoms with Crippen LogP contribution in [0.1, 0.15) is 44.0 Å². The first-order valence-electron chi connectivity index (χ1n) is 7.03. The minimum atomic E-state index is 0.182. The van der Waals surface area contributed by atoms with E-state index in [0.29, 0.717) is 5.92 Å². The van der Waals surface area contributed by atoms with Crippen LogP contribution >= 0.6 is 0 Å². The lowest BCUT2D eigenvalue weighted by Crippen LogP contribution is -2.33. The third-order valence-corrected chi connectivity index (χ3v) is 3.91. The summed E-state index contributed by atoms with van der Waals surface area (Å²) >= 11 is 0. The molecule has 1 heterocycles. The number of benzene rings is 1. The van der Waals surface area contributed by atoms with Gasteiger partial charge in [-0.1, -0.05) is 44.9 Å². The Morgan fingerprint density at radius 2 is 1.89 bits per heavy atom. The molecule has 2 aromatic rings. The highest BCUT2D eigenvalue weighted by atomic mass is 15.2. The SMILES string of the molecule is CCC(CC)C(NN)c1cc(C)nc2ccccc12. The summed E-state index contributed by atoms with van der Waals surface area (Å²) in [4.78, 5) is 4.60. The van der Waals surface area contributed by atoms with Crippen molar-refractivity contribution in [3.8, 4) is 0 Å². The summed E-state index contributed by atoms with van der Waals surface area (Å²) in [6.07, 6.45) is 2.22. The van der Waals surface area contributed by atoms with E-state index in [4.69, 9.17) is 5.84 Å². The lowest BCUT2D eigenvalue weighted by atomic mass is 9.87. The molecule has 19 heavy (non-hydrogen) atoms. The Morgan fingerprint density at radius 3 is 2.53 bits per heavy atom. The van der Waals surface area contributed by atoms with Crippen molar-refractivity contribution in [2.45, 2.75) is 39.7 Å². The lowest BCUT2D eigenvalue weighted by molar-refractivity contribution is 0.347. The number of nitrogens with one attached hydrogen (secondary N) is 1. The summed E-state index contributed by atoms with van der Waals surface area (Å²) in [5, 5.41) is 1.20. The summed E-state index contributed by atoms with van der Waals surface area (Å²) in [6, 6.07) is 10.6. The fraction of sp³-hybridized carbons (Fsp3) is 0.438. The number of nitrogens with zero attached hydrogens (tertiary/aromatic N) is 1.